The maximum absolute atomic E-state index is 11.9. The lowest BCUT2D eigenvalue weighted by Gasteiger charge is -2.07. The fourth-order valence-corrected chi connectivity index (χ4v) is 1.83. The number of aromatic nitrogens is 2. The van der Waals surface area contributed by atoms with Gasteiger partial charge in [0.05, 0.1) is 12.2 Å². The van der Waals surface area contributed by atoms with Crippen molar-refractivity contribution in [2.45, 2.75) is 6.54 Å². The Morgan fingerprint density at radius 1 is 1.40 bits per heavy atom. The highest BCUT2D eigenvalue weighted by atomic mass is 35.5. The summed E-state index contributed by atoms with van der Waals surface area (Å²) in [6.07, 6.45) is 1.48. The smallest absolute Gasteiger partial charge is 0.341 e. The molecule has 0 amide bonds. The zero-order valence-corrected chi connectivity index (χ0v) is 11.2. The van der Waals surface area contributed by atoms with E-state index in [4.69, 9.17) is 16.7 Å². The average molecular weight is 291 g/mol. The van der Waals surface area contributed by atoms with Crippen molar-refractivity contribution in [2.24, 2.45) is 0 Å². The Morgan fingerprint density at radius 2 is 2.05 bits per heavy atom. The summed E-state index contributed by atoms with van der Waals surface area (Å²) < 4.78 is 1.07. The predicted octanol–water partition coefficient (Wildman–Crippen LogP) is 2.45. The van der Waals surface area contributed by atoms with Crippen LogP contribution in [0.2, 0.25) is 5.02 Å². The number of benzene rings is 1. The molecule has 0 radical (unpaired) electrons. The van der Waals surface area contributed by atoms with Gasteiger partial charge in [-0.15, -0.1) is 6.58 Å². The third-order valence-electron chi connectivity index (χ3n) is 2.65. The van der Waals surface area contributed by atoms with Gasteiger partial charge in [0.1, 0.15) is 5.56 Å². The number of carboxylic acid groups (broad SMARTS) is 1. The highest BCUT2D eigenvalue weighted by molar-refractivity contribution is 6.30. The molecule has 102 valence electrons. The van der Waals surface area contributed by atoms with E-state index in [1.165, 1.54) is 12.1 Å². The lowest BCUT2D eigenvalue weighted by atomic mass is 10.1. The van der Waals surface area contributed by atoms with Gasteiger partial charge in [-0.25, -0.2) is 9.48 Å². The van der Waals surface area contributed by atoms with E-state index in [9.17, 15) is 9.59 Å². The minimum Gasteiger partial charge on any atom is -0.477 e. The van der Waals surface area contributed by atoms with Crippen LogP contribution in [-0.2, 0) is 6.54 Å². The standard InChI is InChI=1S/C14H11ClN2O3/c1-2-7-17-13(18)11(14(19)20)8-12(16-17)9-3-5-10(15)6-4-9/h2-6,8H,1,7H2,(H,19,20). The summed E-state index contributed by atoms with van der Waals surface area (Å²) in [5.41, 5.74) is 0.0807. The predicted molar refractivity (Wildman–Crippen MR) is 76.1 cm³/mol. The normalized spacial score (nSPS) is 10.2. The van der Waals surface area contributed by atoms with Gasteiger partial charge >= 0.3 is 5.97 Å². The molecule has 2 rings (SSSR count). The Bertz CT molecular complexity index is 720. The van der Waals surface area contributed by atoms with Crippen molar-refractivity contribution < 1.29 is 9.90 Å². The third-order valence-corrected chi connectivity index (χ3v) is 2.90. The first-order chi connectivity index (χ1) is 9.52. The summed E-state index contributed by atoms with van der Waals surface area (Å²) in [6.45, 7) is 3.66. The first-order valence-electron chi connectivity index (χ1n) is 5.75. The van der Waals surface area contributed by atoms with Gasteiger partial charge in [0, 0.05) is 10.6 Å². The van der Waals surface area contributed by atoms with E-state index in [-0.39, 0.29) is 12.1 Å². The largest absolute Gasteiger partial charge is 0.477 e. The van der Waals surface area contributed by atoms with Crippen molar-refractivity contribution in [3.05, 3.63) is 63.9 Å². The van der Waals surface area contributed by atoms with Crippen LogP contribution >= 0.6 is 11.6 Å². The summed E-state index contributed by atoms with van der Waals surface area (Å²) >= 11 is 5.80. The molecule has 6 heteroatoms. The number of rotatable bonds is 4. The highest BCUT2D eigenvalue weighted by Crippen LogP contribution is 2.19. The molecule has 1 aromatic carbocycles. The van der Waals surface area contributed by atoms with Gasteiger partial charge in [0.15, 0.2) is 0 Å². The zero-order chi connectivity index (χ0) is 14.7. The molecule has 0 bridgehead atoms. The molecule has 0 spiro atoms. The maximum atomic E-state index is 11.9. The van der Waals surface area contributed by atoms with Crippen LogP contribution in [0.3, 0.4) is 0 Å². The van der Waals surface area contributed by atoms with Crippen molar-refractivity contribution >= 4 is 17.6 Å². The fraction of sp³-hybridized carbons (Fsp3) is 0.0714. The minimum atomic E-state index is -1.29. The van der Waals surface area contributed by atoms with Gasteiger partial charge < -0.3 is 5.11 Å². The fourth-order valence-electron chi connectivity index (χ4n) is 1.70. The van der Waals surface area contributed by atoms with Gasteiger partial charge in [-0.05, 0) is 18.2 Å². The SMILES string of the molecule is C=CCn1nc(-c2ccc(Cl)cc2)cc(C(=O)O)c1=O. The second-order valence-corrected chi connectivity index (χ2v) is 4.47. The van der Waals surface area contributed by atoms with Gasteiger partial charge in [-0.2, -0.15) is 5.10 Å². The van der Waals surface area contributed by atoms with E-state index in [0.29, 0.717) is 16.3 Å². The topological polar surface area (TPSA) is 72.2 Å². The van der Waals surface area contributed by atoms with E-state index in [0.717, 1.165) is 4.68 Å². The van der Waals surface area contributed by atoms with E-state index in [1.807, 2.05) is 0 Å². The molecule has 1 heterocycles. The first-order valence-corrected chi connectivity index (χ1v) is 6.13. The van der Waals surface area contributed by atoms with E-state index >= 15 is 0 Å². The molecule has 0 saturated heterocycles. The molecule has 0 unspecified atom stereocenters. The zero-order valence-electron chi connectivity index (χ0n) is 10.4. The van der Waals surface area contributed by atoms with E-state index in [2.05, 4.69) is 11.7 Å². The molecule has 0 saturated carbocycles. The first kappa shape index (κ1) is 14.0. The Kier molecular flexibility index (Phi) is 4.00. The molecule has 20 heavy (non-hydrogen) atoms. The highest BCUT2D eigenvalue weighted by Gasteiger charge is 2.14. The number of aromatic carboxylic acids is 1. The average Bonchev–Trinajstić information content (AvgIpc) is 2.42. The second-order valence-electron chi connectivity index (χ2n) is 4.03. The van der Waals surface area contributed by atoms with Crippen LogP contribution in [0.1, 0.15) is 10.4 Å². The van der Waals surface area contributed by atoms with Gasteiger partial charge in [0.25, 0.3) is 5.56 Å². The van der Waals surface area contributed by atoms with Crippen LogP contribution in [0.25, 0.3) is 11.3 Å². The Labute approximate surface area is 119 Å². The van der Waals surface area contributed by atoms with Crippen LogP contribution in [-0.4, -0.2) is 20.9 Å². The summed E-state index contributed by atoms with van der Waals surface area (Å²) in [7, 11) is 0. The molecule has 0 fully saturated rings. The van der Waals surface area contributed by atoms with E-state index in [1.54, 1.807) is 24.3 Å². The van der Waals surface area contributed by atoms with Crippen molar-refractivity contribution in [3.8, 4) is 11.3 Å². The molecular formula is C14H11ClN2O3. The van der Waals surface area contributed by atoms with Crippen LogP contribution in [0.15, 0.2) is 47.8 Å². The number of hydrogen-bond donors (Lipinski definition) is 1. The van der Waals surface area contributed by atoms with Crippen molar-refractivity contribution in [2.75, 3.05) is 0 Å². The van der Waals surface area contributed by atoms with Crippen LogP contribution < -0.4 is 5.56 Å². The molecule has 1 N–H and O–H groups in total. The summed E-state index contributed by atoms with van der Waals surface area (Å²) in [5, 5.41) is 13.8. The van der Waals surface area contributed by atoms with Crippen LogP contribution in [0, 0.1) is 0 Å². The number of halogens is 1. The van der Waals surface area contributed by atoms with Gasteiger partial charge in [0.2, 0.25) is 0 Å². The van der Waals surface area contributed by atoms with Gasteiger partial charge in [-0.3, -0.25) is 4.79 Å². The Morgan fingerprint density at radius 3 is 2.60 bits per heavy atom. The number of carboxylic acids is 1. The van der Waals surface area contributed by atoms with Crippen molar-refractivity contribution in [1.29, 1.82) is 0 Å². The molecule has 0 aliphatic rings. The number of allylic oxidation sites excluding steroid dienone is 1. The van der Waals surface area contributed by atoms with Crippen LogP contribution in [0.5, 0.6) is 0 Å². The van der Waals surface area contributed by atoms with Crippen LogP contribution in [0.4, 0.5) is 0 Å². The molecule has 0 aliphatic carbocycles. The molecule has 5 nitrogen and oxygen atoms in total. The Balaban J connectivity index is 2.64. The van der Waals surface area contributed by atoms with E-state index < -0.39 is 11.5 Å². The number of nitrogens with zero attached hydrogens (tertiary/aromatic N) is 2. The maximum Gasteiger partial charge on any atom is 0.341 e. The molecular weight excluding hydrogens is 280 g/mol. The monoisotopic (exact) mass is 290 g/mol. The third kappa shape index (κ3) is 2.78. The quantitative estimate of drug-likeness (QED) is 0.878. The number of hydrogen-bond acceptors (Lipinski definition) is 3. The van der Waals surface area contributed by atoms with Crippen molar-refractivity contribution in [3.63, 3.8) is 0 Å². The second kappa shape index (κ2) is 5.71. The van der Waals surface area contributed by atoms with Gasteiger partial charge in [-0.1, -0.05) is 29.8 Å². The molecule has 0 atom stereocenters. The van der Waals surface area contributed by atoms with Crippen molar-refractivity contribution in [1.82, 2.24) is 9.78 Å². The molecule has 0 aliphatic heterocycles. The summed E-state index contributed by atoms with van der Waals surface area (Å²) in [4.78, 5) is 23.0. The number of carbonyl (C=O) groups is 1. The minimum absolute atomic E-state index is 0.139. The summed E-state index contributed by atoms with van der Waals surface area (Å²) in [5.74, 6) is -1.29. The Hall–Kier alpha value is -2.40. The summed E-state index contributed by atoms with van der Waals surface area (Å²) in [6, 6.07) is 8.01. The lowest BCUT2D eigenvalue weighted by molar-refractivity contribution is 0.0694. The molecule has 2 aromatic rings. The lowest BCUT2D eigenvalue weighted by Crippen LogP contribution is -2.28. The molecule has 1 aromatic heterocycles.